The van der Waals surface area contributed by atoms with Crippen LogP contribution in [0.2, 0.25) is 0 Å². The van der Waals surface area contributed by atoms with Gasteiger partial charge in [-0.05, 0) is 44.9 Å². The van der Waals surface area contributed by atoms with Crippen molar-refractivity contribution in [1.82, 2.24) is 15.2 Å². The highest BCUT2D eigenvalue weighted by atomic mass is 16.6. The van der Waals surface area contributed by atoms with Crippen LogP contribution in [0.15, 0.2) is 29.5 Å². The Bertz CT molecular complexity index is 523. The van der Waals surface area contributed by atoms with Crippen molar-refractivity contribution in [3.8, 4) is 0 Å². The van der Waals surface area contributed by atoms with Crippen LogP contribution in [0.1, 0.15) is 26.3 Å². The van der Waals surface area contributed by atoms with E-state index in [9.17, 15) is 4.79 Å². The molecule has 6 nitrogen and oxygen atoms in total. The number of hydrogen-bond donors (Lipinski definition) is 1. The van der Waals surface area contributed by atoms with Gasteiger partial charge in [0.1, 0.15) is 11.4 Å². The first-order valence-electron chi connectivity index (χ1n) is 7.58. The van der Waals surface area contributed by atoms with Gasteiger partial charge in [0.2, 0.25) is 0 Å². The van der Waals surface area contributed by atoms with Gasteiger partial charge in [0.15, 0.2) is 0 Å². The molecule has 6 heteroatoms. The fourth-order valence-corrected chi connectivity index (χ4v) is 2.11. The van der Waals surface area contributed by atoms with Crippen molar-refractivity contribution in [1.29, 1.82) is 0 Å². The molecule has 0 saturated heterocycles. The molecule has 1 aromatic heterocycles. The third-order valence-corrected chi connectivity index (χ3v) is 3.16. The number of carbonyl (C=O) groups is 1. The molecule has 0 bridgehead atoms. The summed E-state index contributed by atoms with van der Waals surface area (Å²) in [6, 6.07) is 3.99. The largest absolute Gasteiger partial charge is 0.444 e. The zero-order chi connectivity index (χ0) is 16.0. The molecule has 2 rings (SSSR count). The zero-order valence-electron chi connectivity index (χ0n) is 13.5. The van der Waals surface area contributed by atoms with Crippen molar-refractivity contribution in [2.75, 3.05) is 26.2 Å². The average molecular weight is 304 g/mol. The summed E-state index contributed by atoms with van der Waals surface area (Å²) in [7, 11) is 0. The van der Waals surface area contributed by atoms with Gasteiger partial charge < -0.3 is 10.1 Å². The Labute approximate surface area is 131 Å². The number of rotatable bonds is 3. The van der Waals surface area contributed by atoms with E-state index in [0.717, 1.165) is 18.8 Å². The third-order valence-electron chi connectivity index (χ3n) is 3.16. The van der Waals surface area contributed by atoms with Crippen LogP contribution < -0.4 is 5.32 Å². The number of hydrogen-bond acceptors (Lipinski definition) is 5. The number of amides is 1. The number of ether oxygens (including phenoxy) is 1. The lowest BCUT2D eigenvalue weighted by Gasteiger charge is -2.29. The van der Waals surface area contributed by atoms with Crippen molar-refractivity contribution < 1.29 is 9.53 Å². The van der Waals surface area contributed by atoms with Crippen LogP contribution in [-0.2, 0) is 11.2 Å². The van der Waals surface area contributed by atoms with Crippen LogP contribution >= 0.6 is 0 Å². The summed E-state index contributed by atoms with van der Waals surface area (Å²) in [4.78, 5) is 22.2. The normalized spacial score (nSPS) is 15.2. The highest BCUT2D eigenvalue weighted by Gasteiger charge is 2.24. The summed E-state index contributed by atoms with van der Waals surface area (Å²) in [5.74, 6) is 0.839. The minimum Gasteiger partial charge on any atom is -0.444 e. The minimum atomic E-state index is -0.472. The first-order chi connectivity index (χ1) is 10.4. The van der Waals surface area contributed by atoms with E-state index in [1.54, 1.807) is 17.3 Å². The first-order valence-corrected chi connectivity index (χ1v) is 7.58. The topological polar surface area (TPSA) is 66.8 Å². The van der Waals surface area contributed by atoms with Gasteiger partial charge in [-0.25, -0.2) is 4.79 Å². The van der Waals surface area contributed by atoms with Gasteiger partial charge in [-0.2, -0.15) is 0 Å². The number of carbonyl (C=O) groups excluding carboxylic acids is 1. The molecule has 0 unspecified atom stereocenters. The number of aromatic nitrogens is 1. The van der Waals surface area contributed by atoms with Gasteiger partial charge in [-0.15, -0.1) is 0 Å². The fourth-order valence-electron chi connectivity index (χ4n) is 2.11. The first kappa shape index (κ1) is 16.3. The van der Waals surface area contributed by atoms with Gasteiger partial charge in [-0.3, -0.25) is 14.9 Å². The molecule has 0 fully saturated rings. The van der Waals surface area contributed by atoms with E-state index >= 15 is 0 Å². The summed E-state index contributed by atoms with van der Waals surface area (Å²) < 4.78 is 5.40. The number of nitrogens with zero attached hydrogens (tertiary/aromatic N) is 3. The second kappa shape index (κ2) is 7.24. The fraction of sp³-hybridized carbons (Fsp3) is 0.562. The van der Waals surface area contributed by atoms with Crippen molar-refractivity contribution in [3.63, 3.8) is 0 Å². The molecule has 2 heterocycles. The second-order valence-electron chi connectivity index (χ2n) is 6.26. The van der Waals surface area contributed by atoms with E-state index in [-0.39, 0.29) is 6.09 Å². The van der Waals surface area contributed by atoms with Crippen molar-refractivity contribution in [2.24, 2.45) is 4.99 Å². The molecule has 1 amide bonds. The molecule has 1 aliphatic heterocycles. The Hall–Kier alpha value is -2.11. The van der Waals surface area contributed by atoms with Crippen molar-refractivity contribution in [2.45, 2.75) is 32.8 Å². The van der Waals surface area contributed by atoms with Crippen LogP contribution in [0.3, 0.4) is 0 Å². The van der Waals surface area contributed by atoms with Gasteiger partial charge in [0, 0.05) is 25.5 Å². The summed E-state index contributed by atoms with van der Waals surface area (Å²) in [5.41, 5.74) is 0.753. The molecule has 120 valence electrons. The van der Waals surface area contributed by atoms with E-state index in [1.807, 2.05) is 32.9 Å². The summed E-state index contributed by atoms with van der Waals surface area (Å²) in [5, 5.41) is 3.30. The molecule has 0 saturated carbocycles. The van der Waals surface area contributed by atoms with E-state index in [2.05, 4.69) is 15.3 Å². The Kier molecular flexibility index (Phi) is 5.35. The maximum absolute atomic E-state index is 12.1. The van der Waals surface area contributed by atoms with Crippen LogP contribution in [0, 0.1) is 0 Å². The SMILES string of the molecule is CC(C)(C)OC(=O)N1CCN=C(NCCc2ccncc2)C1. The molecular formula is C16H24N4O2. The lowest BCUT2D eigenvalue weighted by atomic mass is 10.2. The quantitative estimate of drug-likeness (QED) is 0.925. The molecule has 0 radical (unpaired) electrons. The molecule has 22 heavy (non-hydrogen) atoms. The number of amidine groups is 1. The highest BCUT2D eigenvalue weighted by molar-refractivity contribution is 5.87. The monoisotopic (exact) mass is 304 g/mol. The van der Waals surface area contributed by atoms with Crippen LogP contribution in [0.25, 0.3) is 0 Å². The van der Waals surface area contributed by atoms with Crippen molar-refractivity contribution >= 4 is 11.9 Å². The summed E-state index contributed by atoms with van der Waals surface area (Å²) >= 11 is 0. The molecule has 0 aromatic carbocycles. The van der Waals surface area contributed by atoms with Gasteiger partial charge in [0.25, 0.3) is 0 Å². The molecule has 1 aliphatic rings. The van der Waals surface area contributed by atoms with Gasteiger partial charge >= 0.3 is 6.09 Å². The molecule has 0 atom stereocenters. The van der Waals surface area contributed by atoms with Gasteiger partial charge in [-0.1, -0.05) is 0 Å². The lowest BCUT2D eigenvalue weighted by molar-refractivity contribution is 0.0276. The summed E-state index contributed by atoms with van der Waals surface area (Å²) in [6.45, 7) is 8.09. The molecule has 1 N–H and O–H groups in total. The minimum absolute atomic E-state index is 0.282. The third kappa shape index (κ3) is 5.35. The van der Waals surface area contributed by atoms with E-state index in [4.69, 9.17) is 4.74 Å². The van der Waals surface area contributed by atoms with E-state index in [1.165, 1.54) is 5.56 Å². The molecule has 0 aliphatic carbocycles. The smallest absolute Gasteiger partial charge is 0.410 e. The van der Waals surface area contributed by atoms with E-state index in [0.29, 0.717) is 19.6 Å². The second-order valence-corrected chi connectivity index (χ2v) is 6.26. The van der Waals surface area contributed by atoms with E-state index < -0.39 is 5.60 Å². The number of pyridine rings is 1. The highest BCUT2D eigenvalue weighted by Crippen LogP contribution is 2.11. The molecular weight excluding hydrogens is 280 g/mol. The van der Waals surface area contributed by atoms with Crippen LogP contribution in [-0.4, -0.2) is 53.6 Å². The summed E-state index contributed by atoms with van der Waals surface area (Å²) in [6.07, 6.45) is 4.19. The molecule has 1 aromatic rings. The Balaban J connectivity index is 1.78. The Morgan fingerprint density at radius 2 is 2.09 bits per heavy atom. The van der Waals surface area contributed by atoms with Gasteiger partial charge in [0.05, 0.1) is 13.1 Å². The Morgan fingerprint density at radius 1 is 1.36 bits per heavy atom. The maximum Gasteiger partial charge on any atom is 0.410 e. The van der Waals surface area contributed by atoms with Crippen LogP contribution in [0.4, 0.5) is 4.79 Å². The standard InChI is InChI=1S/C16H24N4O2/c1-16(2,3)22-15(21)20-11-10-19-14(12-20)18-9-6-13-4-7-17-8-5-13/h4-5,7-8H,6,9-12H2,1-3H3,(H,18,19). The Morgan fingerprint density at radius 3 is 2.77 bits per heavy atom. The predicted molar refractivity (Wildman–Crippen MR) is 86.1 cm³/mol. The van der Waals surface area contributed by atoms with Crippen LogP contribution in [0.5, 0.6) is 0 Å². The zero-order valence-corrected chi connectivity index (χ0v) is 13.5. The lowest BCUT2D eigenvalue weighted by Crippen LogP contribution is -2.47. The maximum atomic E-state index is 12.1. The number of nitrogens with one attached hydrogen (secondary N) is 1. The average Bonchev–Trinajstić information content (AvgIpc) is 2.47. The molecule has 0 spiro atoms. The number of aliphatic imine (C=N–C) groups is 1. The van der Waals surface area contributed by atoms with Crippen molar-refractivity contribution in [3.05, 3.63) is 30.1 Å². The predicted octanol–water partition coefficient (Wildman–Crippen LogP) is 1.86.